The van der Waals surface area contributed by atoms with E-state index in [2.05, 4.69) is 4.85 Å². The Kier molecular flexibility index (Phi) is 4.95. The van der Waals surface area contributed by atoms with Crippen LogP contribution in [0.5, 0.6) is 0 Å². The van der Waals surface area contributed by atoms with Gasteiger partial charge in [0.05, 0.1) is 51.0 Å². The largest absolute Gasteiger partial charge is 0.418 e. The molecule has 0 aliphatic heterocycles. The molecule has 5 rings (SSSR count). The van der Waals surface area contributed by atoms with Crippen LogP contribution >= 0.6 is 0 Å². The smallest absolute Gasteiger partial charge is 0.268 e. The SMILES string of the molecule is [C-]#[N+]c1ccc(-n2c(=O)c3c(F)c4c(=O)n(-c5ccc(C#N)cc5)c(=O)c4c(C(F)(F)F)c3c2=O)cc1. The van der Waals surface area contributed by atoms with Crippen LogP contribution in [0.3, 0.4) is 0 Å². The van der Waals surface area contributed by atoms with Gasteiger partial charge in [-0.05, 0) is 36.4 Å². The highest BCUT2D eigenvalue weighted by atomic mass is 19.4. The molecule has 0 bridgehead atoms. The maximum absolute atomic E-state index is 15.7. The summed E-state index contributed by atoms with van der Waals surface area (Å²) < 4.78 is 59.2. The monoisotopic (exact) mass is 504 g/mol. The van der Waals surface area contributed by atoms with Gasteiger partial charge in [0.1, 0.15) is 5.82 Å². The molecule has 0 aliphatic rings. The minimum atomic E-state index is -5.43. The summed E-state index contributed by atoms with van der Waals surface area (Å²) in [6, 6.07) is 11.1. The molecule has 3 aromatic carbocycles. The van der Waals surface area contributed by atoms with Crippen molar-refractivity contribution in [2.75, 3.05) is 0 Å². The van der Waals surface area contributed by atoms with Gasteiger partial charge in [-0.25, -0.2) is 18.4 Å². The van der Waals surface area contributed by atoms with Crippen molar-refractivity contribution in [2.45, 2.75) is 6.18 Å². The van der Waals surface area contributed by atoms with Crippen molar-refractivity contribution in [1.29, 1.82) is 5.26 Å². The molecular formula is C25H8F4N4O4. The zero-order chi connectivity index (χ0) is 26.8. The van der Waals surface area contributed by atoms with Crippen molar-refractivity contribution in [3.8, 4) is 17.4 Å². The highest BCUT2D eigenvalue weighted by molar-refractivity contribution is 6.03. The Morgan fingerprint density at radius 1 is 0.730 bits per heavy atom. The Hall–Kier alpha value is -5.36. The number of hydrogen-bond donors (Lipinski definition) is 0. The lowest BCUT2D eigenvalue weighted by atomic mass is 10.0. The lowest BCUT2D eigenvalue weighted by Gasteiger charge is -2.09. The molecule has 12 heteroatoms. The Bertz CT molecular complexity index is 1920. The van der Waals surface area contributed by atoms with E-state index in [1.54, 1.807) is 6.07 Å². The molecular weight excluding hydrogens is 496 g/mol. The third kappa shape index (κ3) is 3.20. The molecule has 0 unspecified atom stereocenters. The van der Waals surface area contributed by atoms with Crippen LogP contribution < -0.4 is 22.2 Å². The molecule has 0 fully saturated rings. The number of nitrogens with zero attached hydrogens (tertiary/aromatic N) is 4. The maximum atomic E-state index is 15.7. The third-order valence-electron chi connectivity index (χ3n) is 5.88. The van der Waals surface area contributed by atoms with Gasteiger partial charge in [-0.1, -0.05) is 12.1 Å². The first-order valence-electron chi connectivity index (χ1n) is 10.2. The molecule has 37 heavy (non-hydrogen) atoms. The van der Waals surface area contributed by atoms with Gasteiger partial charge in [0.2, 0.25) is 0 Å². The third-order valence-corrected chi connectivity index (χ3v) is 5.88. The van der Waals surface area contributed by atoms with Crippen LogP contribution in [0.25, 0.3) is 37.8 Å². The van der Waals surface area contributed by atoms with Crippen molar-refractivity contribution in [2.24, 2.45) is 0 Å². The summed E-state index contributed by atoms with van der Waals surface area (Å²) >= 11 is 0. The fourth-order valence-corrected chi connectivity index (χ4v) is 4.29. The van der Waals surface area contributed by atoms with Crippen molar-refractivity contribution < 1.29 is 17.6 Å². The van der Waals surface area contributed by atoms with E-state index in [9.17, 15) is 32.3 Å². The number of nitriles is 1. The number of hydrogen-bond acceptors (Lipinski definition) is 5. The van der Waals surface area contributed by atoms with E-state index in [-0.39, 0.29) is 27.2 Å². The Morgan fingerprint density at radius 2 is 1.14 bits per heavy atom. The van der Waals surface area contributed by atoms with E-state index < -0.39 is 61.3 Å². The summed E-state index contributed by atoms with van der Waals surface area (Å²) in [5.74, 6) is -1.73. The predicted octanol–water partition coefficient (Wildman–Crippen LogP) is 3.47. The summed E-state index contributed by atoms with van der Waals surface area (Å²) in [6.07, 6.45) is -5.43. The standard InChI is InChI=1S/C25H8F4N4O4/c1-31-12-4-8-14(9-5-12)33-22(35)16-18(24(33)37)20(26)17-15(19(16)25(27,28)29)21(34)32(23(17)36)13-6-2-11(10-30)3-7-13/h2-9H. The van der Waals surface area contributed by atoms with Crippen LogP contribution in [0, 0.1) is 23.7 Å². The maximum Gasteiger partial charge on any atom is 0.418 e. The van der Waals surface area contributed by atoms with Gasteiger partial charge >= 0.3 is 6.18 Å². The summed E-state index contributed by atoms with van der Waals surface area (Å²) in [5, 5.41) is 3.59. The van der Waals surface area contributed by atoms with Crippen LogP contribution in [0.4, 0.5) is 23.2 Å². The molecule has 0 saturated heterocycles. The van der Waals surface area contributed by atoms with Crippen LogP contribution in [0.1, 0.15) is 11.1 Å². The molecule has 2 aromatic heterocycles. The number of benzene rings is 3. The van der Waals surface area contributed by atoms with Crippen molar-refractivity contribution in [3.05, 3.63) is 118 Å². The van der Waals surface area contributed by atoms with Crippen LogP contribution in [-0.4, -0.2) is 9.13 Å². The second kappa shape index (κ2) is 7.83. The first-order valence-corrected chi connectivity index (χ1v) is 10.2. The van der Waals surface area contributed by atoms with Gasteiger partial charge in [-0.2, -0.15) is 18.4 Å². The van der Waals surface area contributed by atoms with Crippen molar-refractivity contribution in [3.63, 3.8) is 0 Å². The molecule has 0 radical (unpaired) electrons. The normalized spacial score (nSPS) is 11.6. The number of alkyl halides is 3. The molecule has 5 aromatic rings. The summed E-state index contributed by atoms with van der Waals surface area (Å²) in [5.41, 5.74) is -8.13. The fourth-order valence-electron chi connectivity index (χ4n) is 4.29. The first kappa shape index (κ1) is 23.4. The minimum absolute atomic E-state index is 0.112. The molecule has 0 spiro atoms. The Balaban J connectivity index is 1.99. The van der Waals surface area contributed by atoms with E-state index in [1.807, 2.05) is 0 Å². The molecule has 0 saturated carbocycles. The highest BCUT2D eigenvalue weighted by Gasteiger charge is 2.42. The van der Waals surface area contributed by atoms with Gasteiger partial charge in [0.15, 0.2) is 5.69 Å². The second-order valence-electron chi connectivity index (χ2n) is 7.87. The van der Waals surface area contributed by atoms with Gasteiger partial charge < -0.3 is 0 Å². The molecule has 0 N–H and O–H groups in total. The number of halogens is 4. The van der Waals surface area contributed by atoms with Gasteiger partial charge in [-0.3, -0.25) is 19.2 Å². The molecule has 0 atom stereocenters. The highest BCUT2D eigenvalue weighted by Crippen LogP contribution is 2.38. The first-order chi connectivity index (χ1) is 17.5. The van der Waals surface area contributed by atoms with Crippen LogP contribution in [0.2, 0.25) is 0 Å². The van der Waals surface area contributed by atoms with E-state index in [4.69, 9.17) is 11.8 Å². The van der Waals surface area contributed by atoms with E-state index >= 15 is 4.39 Å². The van der Waals surface area contributed by atoms with Gasteiger partial charge in [-0.15, -0.1) is 0 Å². The Morgan fingerprint density at radius 3 is 1.51 bits per heavy atom. The fraction of sp³-hybridized carbons (Fsp3) is 0.0400. The number of fused-ring (bicyclic) bond motifs is 2. The summed E-state index contributed by atoms with van der Waals surface area (Å²) in [6.45, 7) is 6.97. The zero-order valence-corrected chi connectivity index (χ0v) is 18.1. The van der Waals surface area contributed by atoms with E-state index in [0.29, 0.717) is 4.57 Å². The zero-order valence-electron chi connectivity index (χ0n) is 18.1. The summed E-state index contributed by atoms with van der Waals surface area (Å²) in [7, 11) is 0. The Labute approximate surface area is 201 Å². The van der Waals surface area contributed by atoms with Crippen LogP contribution in [0.15, 0.2) is 67.7 Å². The quantitative estimate of drug-likeness (QED) is 0.270. The van der Waals surface area contributed by atoms with Crippen molar-refractivity contribution in [1.82, 2.24) is 9.13 Å². The average Bonchev–Trinajstić information content (AvgIpc) is 3.28. The lowest BCUT2D eigenvalue weighted by Crippen LogP contribution is -2.25. The minimum Gasteiger partial charge on any atom is -0.268 e. The van der Waals surface area contributed by atoms with Gasteiger partial charge in [0, 0.05) is 5.69 Å². The number of rotatable bonds is 2. The molecule has 2 heterocycles. The number of aromatic nitrogens is 2. The molecule has 0 aliphatic carbocycles. The van der Waals surface area contributed by atoms with E-state index in [1.165, 1.54) is 24.3 Å². The van der Waals surface area contributed by atoms with Gasteiger partial charge in [0.25, 0.3) is 22.2 Å². The molecule has 8 nitrogen and oxygen atoms in total. The average molecular weight is 504 g/mol. The lowest BCUT2D eigenvalue weighted by molar-refractivity contribution is -0.135. The topological polar surface area (TPSA) is 106 Å². The molecule has 180 valence electrons. The second-order valence-corrected chi connectivity index (χ2v) is 7.87. The van der Waals surface area contributed by atoms with Crippen LogP contribution in [-0.2, 0) is 6.18 Å². The molecule has 0 amide bonds. The summed E-state index contributed by atoms with van der Waals surface area (Å²) in [4.78, 5) is 55.5. The predicted molar refractivity (Wildman–Crippen MR) is 123 cm³/mol. The van der Waals surface area contributed by atoms with E-state index in [0.717, 1.165) is 24.3 Å². The van der Waals surface area contributed by atoms with Crippen molar-refractivity contribution >= 4 is 27.2 Å².